The van der Waals surface area contributed by atoms with Crippen LogP contribution in [0, 0.1) is 11.8 Å². The topological polar surface area (TPSA) is 3.24 Å². The molecule has 0 aliphatic carbocycles. The number of thiol groups is 1. The van der Waals surface area contributed by atoms with Gasteiger partial charge >= 0.3 is 0 Å². The van der Waals surface area contributed by atoms with E-state index in [1.165, 1.54) is 13.1 Å². The van der Waals surface area contributed by atoms with E-state index in [1.807, 2.05) is 0 Å². The van der Waals surface area contributed by atoms with Gasteiger partial charge in [0.2, 0.25) is 0 Å². The first-order chi connectivity index (χ1) is 3.70. The van der Waals surface area contributed by atoms with Crippen molar-refractivity contribution in [1.29, 1.82) is 0 Å². The molecule has 0 unspecified atom stereocenters. The minimum atomic E-state index is 0.846. The zero-order chi connectivity index (χ0) is 6.15. The van der Waals surface area contributed by atoms with Crippen LogP contribution in [0.5, 0.6) is 0 Å². The van der Waals surface area contributed by atoms with E-state index in [4.69, 9.17) is 0 Å². The smallest absolute Gasteiger partial charge is 0.0130 e. The third-order valence-electron chi connectivity index (χ3n) is 1.83. The highest BCUT2D eigenvalue weighted by Crippen LogP contribution is 2.23. The molecule has 0 N–H and O–H groups in total. The fourth-order valence-corrected chi connectivity index (χ4v) is 1.33. The Labute approximate surface area is 56.6 Å². The second-order valence-corrected chi connectivity index (χ2v) is 3.44. The highest BCUT2D eigenvalue weighted by atomic mass is 32.1. The van der Waals surface area contributed by atoms with Crippen LogP contribution >= 0.6 is 12.8 Å². The molecule has 0 aromatic rings. The van der Waals surface area contributed by atoms with E-state index < -0.39 is 0 Å². The van der Waals surface area contributed by atoms with Gasteiger partial charge < -0.3 is 0 Å². The van der Waals surface area contributed by atoms with Crippen LogP contribution in [0.4, 0.5) is 0 Å². The normalized spacial score (nSPS) is 24.0. The van der Waals surface area contributed by atoms with Crippen molar-refractivity contribution in [1.82, 2.24) is 4.31 Å². The first kappa shape index (κ1) is 6.43. The summed E-state index contributed by atoms with van der Waals surface area (Å²) in [6, 6.07) is 0. The van der Waals surface area contributed by atoms with Crippen LogP contribution in [0.2, 0.25) is 0 Å². The third kappa shape index (κ3) is 1.17. The van der Waals surface area contributed by atoms with E-state index >= 15 is 0 Å². The number of nitrogens with zero attached hydrogens (tertiary/aromatic N) is 1. The molecule has 0 radical (unpaired) electrons. The molecule has 0 spiro atoms. The SMILES string of the molecule is CC(C)C1CN(S)C1. The lowest BCUT2D eigenvalue weighted by Gasteiger charge is -2.37. The van der Waals surface area contributed by atoms with E-state index in [1.54, 1.807) is 0 Å². The molecule has 2 heteroatoms. The predicted octanol–water partition coefficient (Wildman–Crippen LogP) is 1.42. The minimum absolute atomic E-state index is 0.846. The third-order valence-corrected chi connectivity index (χ3v) is 2.16. The summed E-state index contributed by atoms with van der Waals surface area (Å²) in [7, 11) is 0. The van der Waals surface area contributed by atoms with Gasteiger partial charge in [0, 0.05) is 13.1 Å². The van der Waals surface area contributed by atoms with Crippen LogP contribution in [0.3, 0.4) is 0 Å². The van der Waals surface area contributed by atoms with Crippen molar-refractivity contribution in [2.75, 3.05) is 13.1 Å². The summed E-state index contributed by atoms with van der Waals surface area (Å²) in [5, 5.41) is 0. The van der Waals surface area contributed by atoms with Gasteiger partial charge in [-0.05, 0) is 11.8 Å². The highest BCUT2D eigenvalue weighted by Gasteiger charge is 2.26. The van der Waals surface area contributed by atoms with Crippen molar-refractivity contribution in [3.05, 3.63) is 0 Å². The lowest BCUT2D eigenvalue weighted by Crippen LogP contribution is -2.42. The van der Waals surface area contributed by atoms with Crippen LogP contribution in [0.25, 0.3) is 0 Å². The molecule has 0 aromatic carbocycles. The van der Waals surface area contributed by atoms with Crippen LogP contribution in [-0.4, -0.2) is 17.4 Å². The van der Waals surface area contributed by atoms with Gasteiger partial charge in [0.05, 0.1) is 0 Å². The molecule has 1 nitrogen and oxygen atoms in total. The summed E-state index contributed by atoms with van der Waals surface area (Å²) in [6.07, 6.45) is 0. The van der Waals surface area contributed by atoms with Crippen molar-refractivity contribution in [2.45, 2.75) is 13.8 Å². The Hall–Kier alpha value is 0.310. The average Bonchev–Trinajstić information content (AvgIpc) is 1.57. The maximum atomic E-state index is 4.17. The molecule has 8 heavy (non-hydrogen) atoms. The van der Waals surface area contributed by atoms with Gasteiger partial charge in [0.25, 0.3) is 0 Å². The van der Waals surface area contributed by atoms with Gasteiger partial charge in [0.15, 0.2) is 0 Å². The van der Waals surface area contributed by atoms with Crippen LogP contribution < -0.4 is 0 Å². The summed E-state index contributed by atoms with van der Waals surface area (Å²) in [5.41, 5.74) is 0. The summed E-state index contributed by atoms with van der Waals surface area (Å²) in [5.74, 6) is 1.76. The largest absolute Gasteiger partial charge is 0.253 e. The summed E-state index contributed by atoms with van der Waals surface area (Å²) < 4.78 is 2.06. The maximum absolute atomic E-state index is 4.17. The number of hydrogen-bond donors (Lipinski definition) is 1. The van der Waals surface area contributed by atoms with Gasteiger partial charge in [-0.2, -0.15) is 0 Å². The van der Waals surface area contributed by atoms with Crippen LogP contribution in [0.15, 0.2) is 0 Å². The molecule has 0 saturated carbocycles. The Morgan fingerprint density at radius 2 is 2.00 bits per heavy atom. The number of rotatable bonds is 1. The Kier molecular flexibility index (Phi) is 1.83. The standard InChI is InChI=1S/C6H13NS/c1-5(2)6-3-7(8)4-6/h5-6,8H,3-4H2,1-2H3. The fraction of sp³-hybridized carbons (Fsp3) is 1.00. The lowest BCUT2D eigenvalue weighted by molar-refractivity contribution is 0.168. The van der Waals surface area contributed by atoms with Crippen LogP contribution in [-0.2, 0) is 0 Å². The summed E-state index contributed by atoms with van der Waals surface area (Å²) in [6.45, 7) is 6.90. The van der Waals surface area contributed by atoms with Gasteiger partial charge in [0.1, 0.15) is 0 Å². The Balaban J connectivity index is 2.15. The molecule has 1 saturated heterocycles. The van der Waals surface area contributed by atoms with Gasteiger partial charge in [-0.3, -0.25) is 4.31 Å². The van der Waals surface area contributed by atoms with E-state index in [0.29, 0.717) is 0 Å². The van der Waals surface area contributed by atoms with Crippen molar-refractivity contribution in [3.8, 4) is 0 Å². The second-order valence-electron chi connectivity index (χ2n) is 2.88. The van der Waals surface area contributed by atoms with E-state index in [0.717, 1.165) is 11.8 Å². The Morgan fingerprint density at radius 3 is 2.12 bits per heavy atom. The molecule has 0 bridgehead atoms. The molecule has 0 amide bonds. The molecule has 0 atom stereocenters. The quantitative estimate of drug-likeness (QED) is 0.527. The molecular weight excluding hydrogens is 118 g/mol. The Morgan fingerprint density at radius 1 is 1.50 bits per heavy atom. The van der Waals surface area contributed by atoms with E-state index in [9.17, 15) is 0 Å². The predicted molar refractivity (Wildman–Crippen MR) is 38.9 cm³/mol. The fourth-order valence-electron chi connectivity index (χ4n) is 0.910. The van der Waals surface area contributed by atoms with Gasteiger partial charge in [-0.25, -0.2) is 0 Å². The van der Waals surface area contributed by atoms with Crippen molar-refractivity contribution >= 4 is 12.8 Å². The molecule has 1 aliphatic rings. The first-order valence-electron chi connectivity index (χ1n) is 3.14. The monoisotopic (exact) mass is 131 g/mol. The highest BCUT2D eigenvalue weighted by molar-refractivity contribution is 7.77. The van der Waals surface area contributed by atoms with E-state index in [-0.39, 0.29) is 0 Å². The molecular formula is C6H13NS. The Bertz CT molecular complexity index is 76.6. The number of hydrogen-bond acceptors (Lipinski definition) is 2. The summed E-state index contributed by atoms with van der Waals surface area (Å²) >= 11 is 4.17. The maximum Gasteiger partial charge on any atom is 0.0130 e. The molecule has 1 rings (SSSR count). The minimum Gasteiger partial charge on any atom is -0.253 e. The first-order valence-corrected chi connectivity index (χ1v) is 3.54. The van der Waals surface area contributed by atoms with E-state index in [2.05, 4.69) is 31.0 Å². The zero-order valence-corrected chi connectivity index (χ0v) is 6.36. The molecule has 0 aromatic heterocycles. The average molecular weight is 131 g/mol. The molecule has 1 aliphatic heterocycles. The van der Waals surface area contributed by atoms with Crippen molar-refractivity contribution < 1.29 is 0 Å². The lowest BCUT2D eigenvalue weighted by atomic mass is 9.91. The second kappa shape index (κ2) is 2.28. The molecule has 1 fully saturated rings. The van der Waals surface area contributed by atoms with Crippen molar-refractivity contribution in [2.24, 2.45) is 11.8 Å². The summed E-state index contributed by atoms with van der Waals surface area (Å²) in [4.78, 5) is 0. The van der Waals surface area contributed by atoms with Crippen LogP contribution in [0.1, 0.15) is 13.8 Å². The zero-order valence-electron chi connectivity index (χ0n) is 5.46. The molecule has 48 valence electrons. The molecule has 1 heterocycles. The van der Waals surface area contributed by atoms with Crippen molar-refractivity contribution in [3.63, 3.8) is 0 Å². The van der Waals surface area contributed by atoms with Gasteiger partial charge in [-0.15, -0.1) is 0 Å². The van der Waals surface area contributed by atoms with Gasteiger partial charge in [-0.1, -0.05) is 26.7 Å².